The highest BCUT2D eigenvalue weighted by Gasteiger charge is 2.31. The highest BCUT2D eigenvalue weighted by atomic mass is 16.5. The van der Waals surface area contributed by atoms with Crippen LogP contribution < -0.4 is 5.32 Å². The van der Waals surface area contributed by atoms with Gasteiger partial charge in [0.25, 0.3) is 0 Å². The molecule has 0 aliphatic heterocycles. The second kappa shape index (κ2) is 8.65. The van der Waals surface area contributed by atoms with E-state index in [9.17, 15) is 4.79 Å². The molecule has 1 saturated carbocycles. The fourth-order valence-corrected chi connectivity index (χ4v) is 3.66. The van der Waals surface area contributed by atoms with E-state index in [1.165, 1.54) is 12.8 Å². The summed E-state index contributed by atoms with van der Waals surface area (Å²) >= 11 is 0. The fraction of sp³-hybridized carbons (Fsp3) is 0.789. The molecule has 5 heteroatoms. The summed E-state index contributed by atoms with van der Waals surface area (Å²) in [4.78, 5) is 16.4. The van der Waals surface area contributed by atoms with Gasteiger partial charge in [0.2, 0.25) is 5.91 Å². The first kappa shape index (κ1) is 19.0. The summed E-state index contributed by atoms with van der Waals surface area (Å²) in [5.74, 6) is 3.30. The van der Waals surface area contributed by atoms with Crippen LogP contribution in [0.5, 0.6) is 0 Å². The third-order valence-electron chi connectivity index (χ3n) is 5.07. The van der Waals surface area contributed by atoms with E-state index in [0.717, 1.165) is 17.9 Å². The van der Waals surface area contributed by atoms with E-state index >= 15 is 0 Å². The maximum atomic E-state index is 12.0. The SMILES string of the molecule is Cc1nc(CCNC(=O)COC2CC(C)CCC2C(C)C)c(C)o1. The number of carbonyl (C=O) groups excluding carboxylic acids is 1. The first-order valence-electron chi connectivity index (χ1n) is 9.18. The summed E-state index contributed by atoms with van der Waals surface area (Å²) in [6, 6.07) is 0. The number of nitrogens with zero attached hydrogens (tertiary/aromatic N) is 1. The molecule has 0 saturated heterocycles. The molecular formula is C19H32N2O3. The Hall–Kier alpha value is -1.36. The van der Waals surface area contributed by atoms with E-state index < -0.39 is 0 Å². The van der Waals surface area contributed by atoms with Gasteiger partial charge in [0.1, 0.15) is 12.4 Å². The van der Waals surface area contributed by atoms with Crippen LogP contribution in [0, 0.1) is 31.6 Å². The van der Waals surface area contributed by atoms with Gasteiger partial charge in [-0.1, -0.05) is 27.2 Å². The Balaban J connectivity index is 1.72. The molecule has 1 aliphatic carbocycles. The van der Waals surface area contributed by atoms with Crippen molar-refractivity contribution in [3.05, 3.63) is 17.3 Å². The standard InChI is InChI=1S/C19H32N2O3/c1-12(2)16-7-6-13(3)10-18(16)23-11-19(22)20-9-8-17-14(4)24-15(5)21-17/h12-13,16,18H,6-11H2,1-5H3,(H,20,22). The molecule has 1 fully saturated rings. The number of ether oxygens (including phenoxy) is 1. The summed E-state index contributed by atoms with van der Waals surface area (Å²) in [7, 11) is 0. The minimum atomic E-state index is -0.0476. The molecule has 0 radical (unpaired) electrons. The van der Waals surface area contributed by atoms with Gasteiger partial charge in [0, 0.05) is 19.9 Å². The Kier molecular flexibility index (Phi) is 6.84. The first-order valence-corrected chi connectivity index (χ1v) is 9.18. The lowest BCUT2D eigenvalue weighted by Crippen LogP contribution is -2.38. The summed E-state index contributed by atoms with van der Waals surface area (Å²) in [5, 5.41) is 2.92. The van der Waals surface area contributed by atoms with Crippen molar-refractivity contribution in [2.75, 3.05) is 13.2 Å². The van der Waals surface area contributed by atoms with Gasteiger partial charge < -0.3 is 14.5 Å². The first-order chi connectivity index (χ1) is 11.4. The van der Waals surface area contributed by atoms with E-state index in [1.54, 1.807) is 0 Å². The normalized spacial score (nSPS) is 24.3. The lowest BCUT2D eigenvalue weighted by atomic mass is 9.75. The summed E-state index contributed by atoms with van der Waals surface area (Å²) < 4.78 is 11.4. The Labute approximate surface area is 145 Å². The lowest BCUT2D eigenvalue weighted by molar-refractivity contribution is -0.131. The summed E-state index contributed by atoms with van der Waals surface area (Å²) in [6.45, 7) is 11.2. The van der Waals surface area contributed by atoms with Crippen molar-refractivity contribution in [1.29, 1.82) is 0 Å². The van der Waals surface area contributed by atoms with Crippen LogP contribution in [0.3, 0.4) is 0 Å². The highest BCUT2D eigenvalue weighted by Crippen LogP contribution is 2.35. The number of aromatic nitrogens is 1. The molecule has 1 aromatic heterocycles. The smallest absolute Gasteiger partial charge is 0.246 e. The molecule has 3 atom stereocenters. The van der Waals surface area contributed by atoms with Gasteiger partial charge in [-0.25, -0.2) is 4.98 Å². The third kappa shape index (κ3) is 5.33. The number of rotatable bonds is 7. The van der Waals surface area contributed by atoms with Crippen molar-refractivity contribution < 1.29 is 13.9 Å². The van der Waals surface area contributed by atoms with Gasteiger partial charge in [-0.3, -0.25) is 4.79 Å². The number of hydrogen-bond acceptors (Lipinski definition) is 4. The minimum Gasteiger partial charge on any atom is -0.446 e. The second-order valence-electron chi connectivity index (χ2n) is 7.51. The van der Waals surface area contributed by atoms with Gasteiger partial charge in [-0.15, -0.1) is 0 Å². The number of hydrogen-bond donors (Lipinski definition) is 1. The van der Waals surface area contributed by atoms with Crippen molar-refractivity contribution >= 4 is 5.91 Å². The topological polar surface area (TPSA) is 64.4 Å². The Morgan fingerprint density at radius 2 is 2.12 bits per heavy atom. The second-order valence-corrected chi connectivity index (χ2v) is 7.51. The average molecular weight is 336 g/mol. The number of nitrogens with one attached hydrogen (secondary N) is 1. The number of aryl methyl sites for hydroxylation is 2. The monoisotopic (exact) mass is 336 g/mol. The van der Waals surface area contributed by atoms with E-state index in [4.69, 9.17) is 9.15 Å². The van der Waals surface area contributed by atoms with Crippen LogP contribution in [0.4, 0.5) is 0 Å². The predicted octanol–water partition coefficient (Wildman–Crippen LogP) is 3.43. The lowest BCUT2D eigenvalue weighted by Gasteiger charge is -2.37. The zero-order valence-electron chi connectivity index (χ0n) is 15.7. The predicted molar refractivity (Wildman–Crippen MR) is 93.8 cm³/mol. The Morgan fingerprint density at radius 3 is 2.75 bits per heavy atom. The third-order valence-corrected chi connectivity index (χ3v) is 5.07. The van der Waals surface area contributed by atoms with Crippen LogP contribution in [-0.4, -0.2) is 30.1 Å². The van der Waals surface area contributed by atoms with Crippen LogP contribution in [0.1, 0.15) is 57.4 Å². The fourth-order valence-electron chi connectivity index (χ4n) is 3.66. The summed E-state index contributed by atoms with van der Waals surface area (Å²) in [5.41, 5.74) is 0.912. The molecule has 0 bridgehead atoms. The molecular weight excluding hydrogens is 304 g/mol. The zero-order valence-corrected chi connectivity index (χ0v) is 15.7. The molecule has 0 spiro atoms. The van der Waals surface area contributed by atoms with Gasteiger partial charge >= 0.3 is 0 Å². The largest absolute Gasteiger partial charge is 0.446 e. The Bertz CT molecular complexity index is 539. The molecule has 136 valence electrons. The number of amides is 1. The van der Waals surface area contributed by atoms with Crippen LogP contribution >= 0.6 is 0 Å². The maximum absolute atomic E-state index is 12.0. The summed E-state index contributed by atoms with van der Waals surface area (Å²) in [6.07, 6.45) is 4.43. The van der Waals surface area contributed by atoms with E-state index in [1.807, 2.05) is 13.8 Å². The quantitative estimate of drug-likeness (QED) is 0.828. The molecule has 1 heterocycles. The molecule has 1 amide bonds. The van der Waals surface area contributed by atoms with E-state index in [0.29, 0.717) is 36.6 Å². The van der Waals surface area contributed by atoms with Crippen LogP contribution in [-0.2, 0) is 16.0 Å². The van der Waals surface area contributed by atoms with Crippen LogP contribution in [0.25, 0.3) is 0 Å². The molecule has 1 aromatic rings. The van der Waals surface area contributed by atoms with Crippen molar-refractivity contribution in [2.45, 2.75) is 66.4 Å². The highest BCUT2D eigenvalue weighted by molar-refractivity contribution is 5.77. The van der Waals surface area contributed by atoms with Crippen molar-refractivity contribution in [2.24, 2.45) is 17.8 Å². The molecule has 2 rings (SSSR count). The Morgan fingerprint density at radius 1 is 1.38 bits per heavy atom. The molecule has 5 nitrogen and oxygen atoms in total. The number of oxazole rings is 1. The number of carbonyl (C=O) groups is 1. The van der Waals surface area contributed by atoms with Crippen LogP contribution in [0.15, 0.2) is 4.42 Å². The van der Waals surface area contributed by atoms with Gasteiger partial charge in [-0.2, -0.15) is 0 Å². The maximum Gasteiger partial charge on any atom is 0.246 e. The van der Waals surface area contributed by atoms with Gasteiger partial charge in [0.15, 0.2) is 5.89 Å². The molecule has 1 N–H and O–H groups in total. The molecule has 0 aromatic carbocycles. The van der Waals surface area contributed by atoms with Crippen molar-refractivity contribution in [3.8, 4) is 0 Å². The molecule has 1 aliphatic rings. The average Bonchev–Trinajstić information content (AvgIpc) is 2.83. The zero-order chi connectivity index (χ0) is 17.7. The van der Waals surface area contributed by atoms with Crippen molar-refractivity contribution in [1.82, 2.24) is 10.3 Å². The van der Waals surface area contributed by atoms with Gasteiger partial charge in [0.05, 0.1) is 11.8 Å². The van der Waals surface area contributed by atoms with E-state index in [-0.39, 0.29) is 18.6 Å². The van der Waals surface area contributed by atoms with Gasteiger partial charge in [-0.05, 0) is 37.5 Å². The van der Waals surface area contributed by atoms with Crippen molar-refractivity contribution in [3.63, 3.8) is 0 Å². The minimum absolute atomic E-state index is 0.0476. The molecule has 3 unspecified atom stereocenters. The van der Waals surface area contributed by atoms with E-state index in [2.05, 4.69) is 31.1 Å². The molecule has 24 heavy (non-hydrogen) atoms. The van der Waals surface area contributed by atoms with Crippen LogP contribution in [0.2, 0.25) is 0 Å².